The van der Waals surface area contributed by atoms with Crippen LogP contribution in [0.15, 0.2) is 36.5 Å². The normalized spacial score (nSPS) is 15.4. The molecule has 128 valence electrons. The Morgan fingerprint density at radius 3 is 2.71 bits per heavy atom. The predicted molar refractivity (Wildman–Crippen MR) is 95.1 cm³/mol. The molecule has 1 aliphatic rings. The first-order chi connectivity index (χ1) is 11.7. The second-order valence-electron chi connectivity index (χ2n) is 6.19. The van der Waals surface area contributed by atoms with Gasteiger partial charge in [-0.1, -0.05) is 36.2 Å². The molecule has 1 aliphatic heterocycles. The summed E-state index contributed by atoms with van der Waals surface area (Å²) in [5, 5.41) is 7.35. The van der Waals surface area contributed by atoms with Crippen molar-refractivity contribution in [3.63, 3.8) is 0 Å². The summed E-state index contributed by atoms with van der Waals surface area (Å²) in [5.74, 6) is -0.0376. The fraction of sp³-hybridized carbons (Fsp3) is 0.444. The van der Waals surface area contributed by atoms with E-state index in [0.29, 0.717) is 23.8 Å². The molecule has 0 unspecified atom stereocenters. The minimum atomic E-state index is -0.0376. The number of aromatic amines is 1. The number of likely N-dealkylation sites (tertiary alicyclic amines) is 1. The third-order valence-electron chi connectivity index (χ3n) is 4.47. The second-order valence-corrected chi connectivity index (χ2v) is 6.60. The number of piperidine rings is 1. The molecule has 0 atom stereocenters. The minimum Gasteiger partial charge on any atom is -0.332 e. The van der Waals surface area contributed by atoms with Crippen molar-refractivity contribution in [1.29, 1.82) is 0 Å². The molecule has 24 heavy (non-hydrogen) atoms. The van der Waals surface area contributed by atoms with Crippen molar-refractivity contribution >= 4 is 17.5 Å². The highest BCUT2D eigenvalue weighted by atomic mass is 35.5. The summed E-state index contributed by atoms with van der Waals surface area (Å²) in [6, 6.07) is 9.39. The summed E-state index contributed by atoms with van der Waals surface area (Å²) >= 11 is 6.28. The van der Waals surface area contributed by atoms with Crippen LogP contribution in [-0.2, 0) is 6.54 Å². The number of benzene rings is 1. The van der Waals surface area contributed by atoms with Crippen molar-refractivity contribution in [2.75, 3.05) is 26.2 Å². The third-order valence-corrected chi connectivity index (χ3v) is 4.84. The van der Waals surface area contributed by atoms with Gasteiger partial charge in [0.1, 0.15) is 5.69 Å². The maximum absolute atomic E-state index is 12.8. The number of H-pyrrole nitrogens is 1. The standard InChI is InChI=1S/C18H23ClN4O/c19-16-7-3-2-6-15(16)14-23(18(24)17-8-9-20-21-17)13-12-22-10-4-1-5-11-22/h2-3,6-9H,1,4-5,10-14H2,(H,20,21). The fourth-order valence-electron chi connectivity index (χ4n) is 3.08. The van der Waals surface area contributed by atoms with Gasteiger partial charge in [0.2, 0.25) is 0 Å². The highest BCUT2D eigenvalue weighted by Gasteiger charge is 2.20. The Bertz CT molecular complexity index is 653. The number of amides is 1. The van der Waals surface area contributed by atoms with E-state index in [2.05, 4.69) is 15.1 Å². The number of halogens is 1. The van der Waals surface area contributed by atoms with Crippen LogP contribution in [0.1, 0.15) is 35.3 Å². The topological polar surface area (TPSA) is 52.2 Å². The Hall–Kier alpha value is -1.85. The van der Waals surface area contributed by atoms with Crippen molar-refractivity contribution in [3.8, 4) is 0 Å². The Kier molecular flexibility index (Phi) is 5.88. The summed E-state index contributed by atoms with van der Waals surface area (Å²) < 4.78 is 0. The van der Waals surface area contributed by atoms with Gasteiger partial charge >= 0.3 is 0 Å². The minimum absolute atomic E-state index is 0.0376. The Morgan fingerprint density at radius 2 is 2.00 bits per heavy atom. The van der Waals surface area contributed by atoms with Crippen molar-refractivity contribution in [1.82, 2.24) is 20.0 Å². The summed E-state index contributed by atoms with van der Waals surface area (Å²) in [5.41, 5.74) is 1.48. The average molecular weight is 347 g/mol. The van der Waals surface area contributed by atoms with Crippen molar-refractivity contribution < 1.29 is 4.79 Å². The molecule has 0 aliphatic carbocycles. The summed E-state index contributed by atoms with van der Waals surface area (Å²) in [6.45, 7) is 4.33. The molecule has 0 bridgehead atoms. The molecule has 1 amide bonds. The highest BCUT2D eigenvalue weighted by molar-refractivity contribution is 6.31. The van der Waals surface area contributed by atoms with Gasteiger partial charge in [0.25, 0.3) is 5.91 Å². The molecule has 1 aromatic carbocycles. The molecule has 2 aromatic rings. The zero-order chi connectivity index (χ0) is 16.8. The monoisotopic (exact) mass is 346 g/mol. The first kappa shape index (κ1) is 17.0. The van der Waals surface area contributed by atoms with E-state index in [9.17, 15) is 4.79 Å². The SMILES string of the molecule is O=C(c1ccn[nH]1)N(CCN1CCCCC1)Cc1ccccc1Cl. The molecule has 1 N–H and O–H groups in total. The number of rotatable bonds is 6. The molecular weight excluding hydrogens is 324 g/mol. The lowest BCUT2D eigenvalue weighted by atomic mass is 10.1. The van der Waals surface area contributed by atoms with E-state index in [4.69, 9.17) is 11.6 Å². The Balaban J connectivity index is 1.70. The van der Waals surface area contributed by atoms with Crippen molar-refractivity contribution in [2.24, 2.45) is 0 Å². The van der Waals surface area contributed by atoms with Crippen molar-refractivity contribution in [3.05, 3.63) is 52.8 Å². The van der Waals surface area contributed by atoms with E-state index in [1.165, 1.54) is 19.3 Å². The number of nitrogens with one attached hydrogen (secondary N) is 1. The van der Waals surface area contributed by atoms with Crippen LogP contribution >= 0.6 is 11.6 Å². The highest BCUT2D eigenvalue weighted by Crippen LogP contribution is 2.18. The zero-order valence-corrected chi connectivity index (χ0v) is 14.5. The van der Waals surface area contributed by atoms with Crippen LogP contribution in [0.25, 0.3) is 0 Å². The zero-order valence-electron chi connectivity index (χ0n) is 13.7. The molecule has 0 radical (unpaired) electrons. The molecule has 0 spiro atoms. The average Bonchev–Trinajstić information content (AvgIpc) is 3.15. The van der Waals surface area contributed by atoms with Crippen LogP contribution in [0.4, 0.5) is 0 Å². The lowest BCUT2D eigenvalue weighted by molar-refractivity contribution is 0.0709. The van der Waals surface area contributed by atoms with Gasteiger partial charge in [-0.25, -0.2) is 0 Å². The van der Waals surface area contributed by atoms with Crippen LogP contribution in [0.5, 0.6) is 0 Å². The van der Waals surface area contributed by atoms with Gasteiger partial charge in [-0.2, -0.15) is 5.10 Å². The van der Waals surface area contributed by atoms with Crippen LogP contribution < -0.4 is 0 Å². The molecule has 1 aromatic heterocycles. The van der Waals surface area contributed by atoms with E-state index in [1.54, 1.807) is 12.3 Å². The van der Waals surface area contributed by atoms with Crippen LogP contribution in [0, 0.1) is 0 Å². The molecule has 0 saturated carbocycles. The van der Waals surface area contributed by atoms with Gasteiger partial charge in [-0.15, -0.1) is 0 Å². The van der Waals surface area contributed by atoms with Crippen molar-refractivity contribution in [2.45, 2.75) is 25.8 Å². The largest absolute Gasteiger partial charge is 0.332 e. The van der Waals surface area contributed by atoms with E-state index in [1.807, 2.05) is 29.2 Å². The molecule has 5 nitrogen and oxygen atoms in total. The molecule has 3 rings (SSSR count). The molecule has 1 fully saturated rings. The fourth-order valence-corrected chi connectivity index (χ4v) is 3.27. The van der Waals surface area contributed by atoms with E-state index >= 15 is 0 Å². The quantitative estimate of drug-likeness (QED) is 0.874. The lowest BCUT2D eigenvalue weighted by Gasteiger charge is -2.30. The smallest absolute Gasteiger partial charge is 0.272 e. The van der Waals surface area contributed by atoms with E-state index in [0.717, 1.165) is 25.2 Å². The van der Waals surface area contributed by atoms with Gasteiger partial charge in [0.05, 0.1) is 0 Å². The number of hydrogen-bond donors (Lipinski definition) is 1. The number of hydrogen-bond acceptors (Lipinski definition) is 3. The molecule has 1 saturated heterocycles. The number of aromatic nitrogens is 2. The Labute approximate surface area is 147 Å². The second kappa shape index (κ2) is 8.31. The van der Waals surface area contributed by atoms with Gasteiger partial charge < -0.3 is 9.80 Å². The van der Waals surface area contributed by atoms with E-state index in [-0.39, 0.29) is 5.91 Å². The van der Waals surface area contributed by atoms with Gasteiger partial charge in [-0.05, 0) is 43.6 Å². The first-order valence-corrected chi connectivity index (χ1v) is 8.86. The Morgan fingerprint density at radius 1 is 1.21 bits per heavy atom. The molecule has 2 heterocycles. The summed E-state index contributed by atoms with van der Waals surface area (Å²) in [4.78, 5) is 17.1. The van der Waals surface area contributed by atoms with Crippen LogP contribution in [0.3, 0.4) is 0 Å². The first-order valence-electron chi connectivity index (χ1n) is 8.48. The molecular formula is C18H23ClN4O. The maximum atomic E-state index is 12.8. The van der Waals surface area contributed by atoms with Crippen LogP contribution in [0.2, 0.25) is 5.02 Å². The summed E-state index contributed by atoms with van der Waals surface area (Å²) in [7, 11) is 0. The maximum Gasteiger partial charge on any atom is 0.272 e. The molecule has 6 heteroatoms. The van der Waals surface area contributed by atoms with Gasteiger partial charge in [0.15, 0.2) is 0 Å². The number of carbonyl (C=O) groups excluding carboxylic acids is 1. The number of carbonyl (C=O) groups is 1. The van der Waals surface area contributed by atoms with E-state index < -0.39 is 0 Å². The third kappa shape index (κ3) is 4.36. The van der Waals surface area contributed by atoms with Crippen LogP contribution in [-0.4, -0.2) is 52.1 Å². The number of nitrogens with zero attached hydrogens (tertiary/aromatic N) is 3. The summed E-state index contributed by atoms with van der Waals surface area (Å²) in [6.07, 6.45) is 5.41. The van der Waals surface area contributed by atoms with Gasteiger partial charge in [0, 0.05) is 30.9 Å². The lowest BCUT2D eigenvalue weighted by Crippen LogP contribution is -2.40. The van der Waals surface area contributed by atoms with Gasteiger partial charge in [-0.3, -0.25) is 9.89 Å². The predicted octanol–water partition coefficient (Wildman–Crippen LogP) is 3.19.